The maximum atomic E-state index is 5.34. The molecule has 0 bridgehead atoms. The van der Waals surface area contributed by atoms with Gasteiger partial charge in [0.2, 0.25) is 0 Å². The van der Waals surface area contributed by atoms with E-state index in [2.05, 4.69) is 49.2 Å². The highest BCUT2D eigenvalue weighted by atomic mass is 32.2. The second kappa shape index (κ2) is 9.74. The van der Waals surface area contributed by atoms with Crippen LogP contribution in [0.2, 0.25) is 0 Å². The minimum absolute atomic E-state index is 0.434. The third-order valence-corrected chi connectivity index (χ3v) is 6.06. The van der Waals surface area contributed by atoms with Crippen molar-refractivity contribution in [2.45, 2.75) is 23.9 Å². The molecular weight excluding hydrogens is 438 g/mol. The molecule has 2 aromatic carbocycles. The molecule has 0 fully saturated rings. The molecule has 5 aromatic rings. The third-order valence-electron chi connectivity index (χ3n) is 5.10. The summed E-state index contributed by atoms with van der Waals surface area (Å²) < 4.78 is 17.8. The molecule has 0 N–H and O–H groups in total. The van der Waals surface area contributed by atoms with Crippen LogP contribution >= 0.6 is 11.8 Å². The highest BCUT2D eigenvalue weighted by molar-refractivity contribution is 7.98. The van der Waals surface area contributed by atoms with Crippen molar-refractivity contribution in [3.05, 3.63) is 84.6 Å². The Hall–Kier alpha value is -3.85. The molecule has 3 heterocycles. The minimum atomic E-state index is 0.434. The van der Waals surface area contributed by atoms with Gasteiger partial charge in [-0.3, -0.25) is 0 Å². The average Bonchev–Trinajstić information content (AvgIpc) is 3.63. The first kappa shape index (κ1) is 21.0. The second-order valence-electron chi connectivity index (χ2n) is 7.24. The normalized spacial score (nSPS) is 11.1. The minimum Gasteiger partial charge on any atom is -0.497 e. The van der Waals surface area contributed by atoms with Crippen molar-refractivity contribution in [1.82, 2.24) is 24.9 Å². The Morgan fingerprint density at radius 3 is 2.58 bits per heavy atom. The Morgan fingerprint density at radius 1 is 0.970 bits per heavy atom. The van der Waals surface area contributed by atoms with Crippen molar-refractivity contribution in [1.29, 1.82) is 0 Å². The molecule has 0 aliphatic carbocycles. The van der Waals surface area contributed by atoms with E-state index in [0.29, 0.717) is 17.5 Å². The summed E-state index contributed by atoms with van der Waals surface area (Å²) in [5.41, 5.74) is 2.99. The van der Waals surface area contributed by atoms with Crippen molar-refractivity contribution in [2.24, 2.45) is 0 Å². The van der Waals surface area contributed by atoms with E-state index >= 15 is 0 Å². The molecule has 0 aliphatic rings. The quantitative estimate of drug-likeness (QED) is 0.280. The van der Waals surface area contributed by atoms with Gasteiger partial charge in [-0.05, 0) is 42.3 Å². The standard InChI is InChI=1S/C24H21N5O3S/c1-30-20-9-7-18(8-10-20)22-26-27-24(29(22)13-11-17-5-3-2-4-6-17)33-16-21-25-23(32-28-21)19-12-14-31-15-19/h2-10,12,14-15H,11,13,16H2,1H3. The van der Waals surface area contributed by atoms with E-state index in [0.717, 1.165) is 40.8 Å². The molecule has 0 radical (unpaired) electrons. The highest BCUT2D eigenvalue weighted by Crippen LogP contribution is 2.28. The zero-order chi connectivity index (χ0) is 22.5. The van der Waals surface area contributed by atoms with Crippen LogP contribution in [0.4, 0.5) is 0 Å². The second-order valence-corrected chi connectivity index (χ2v) is 8.18. The van der Waals surface area contributed by atoms with Crippen LogP contribution in [-0.2, 0) is 18.7 Å². The number of aryl methyl sites for hydroxylation is 1. The van der Waals surface area contributed by atoms with Crippen LogP contribution in [0.3, 0.4) is 0 Å². The fourth-order valence-electron chi connectivity index (χ4n) is 3.38. The van der Waals surface area contributed by atoms with Crippen molar-refractivity contribution in [3.8, 4) is 28.6 Å². The average molecular weight is 460 g/mol. The van der Waals surface area contributed by atoms with Crippen LogP contribution in [0, 0.1) is 0 Å². The van der Waals surface area contributed by atoms with Gasteiger partial charge in [0, 0.05) is 12.1 Å². The number of nitrogens with zero attached hydrogens (tertiary/aromatic N) is 5. The monoisotopic (exact) mass is 459 g/mol. The summed E-state index contributed by atoms with van der Waals surface area (Å²) >= 11 is 1.53. The number of rotatable bonds is 9. The van der Waals surface area contributed by atoms with Crippen molar-refractivity contribution in [2.75, 3.05) is 7.11 Å². The summed E-state index contributed by atoms with van der Waals surface area (Å²) in [6.45, 7) is 0.743. The first-order chi connectivity index (χ1) is 16.3. The SMILES string of the molecule is COc1ccc(-c2nnc(SCc3noc(-c4ccoc4)n3)n2CCc2ccccc2)cc1. The summed E-state index contributed by atoms with van der Waals surface area (Å²) in [5, 5.41) is 13.8. The summed E-state index contributed by atoms with van der Waals surface area (Å²) in [6.07, 6.45) is 4.01. The first-order valence-corrected chi connectivity index (χ1v) is 11.4. The maximum absolute atomic E-state index is 5.34. The molecule has 166 valence electrons. The molecule has 0 atom stereocenters. The van der Waals surface area contributed by atoms with Crippen molar-refractivity contribution < 1.29 is 13.7 Å². The van der Waals surface area contributed by atoms with Gasteiger partial charge in [-0.15, -0.1) is 10.2 Å². The lowest BCUT2D eigenvalue weighted by Gasteiger charge is -2.10. The van der Waals surface area contributed by atoms with E-state index in [1.165, 1.54) is 17.3 Å². The van der Waals surface area contributed by atoms with Crippen LogP contribution in [-0.4, -0.2) is 32.0 Å². The number of benzene rings is 2. The zero-order valence-corrected chi connectivity index (χ0v) is 18.7. The van der Waals surface area contributed by atoms with E-state index in [1.807, 2.05) is 30.3 Å². The fourth-order valence-corrected chi connectivity index (χ4v) is 4.19. The number of aromatic nitrogens is 5. The Bertz CT molecular complexity index is 1300. The van der Waals surface area contributed by atoms with Gasteiger partial charge in [-0.2, -0.15) is 4.98 Å². The van der Waals surface area contributed by atoms with Crippen LogP contribution in [0.25, 0.3) is 22.8 Å². The van der Waals surface area contributed by atoms with Gasteiger partial charge in [-0.25, -0.2) is 0 Å². The zero-order valence-electron chi connectivity index (χ0n) is 17.9. The topological polar surface area (TPSA) is 92.0 Å². The van der Waals surface area contributed by atoms with Crippen LogP contribution in [0.1, 0.15) is 11.4 Å². The van der Waals surface area contributed by atoms with Crippen LogP contribution < -0.4 is 4.74 Å². The molecule has 0 saturated heterocycles. The number of furan rings is 1. The van der Waals surface area contributed by atoms with E-state index < -0.39 is 0 Å². The summed E-state index contributed by atoms with van der Waals surface area (Å²) in [4.78, 5) is 4.45. The van der Waals surface area contributed by atoms with Crippen LogP contribution in [0.15, 0.2) is 87.3 Å². The number of methoxy groups -OCH3 is 1. The van der Waals surface area contributed by atoms with Crippen LogP contribution in [0.5, 0.6) is 5.75 Å². The molecule has 0 spiro atoms. The van der Waals surface area contributed by atoms with Gasteiger partial charge < -0.3 is 18.2 Å². The van der Waals surface area contributed by atoms with Gasteiger partial charge in [-0.1, -0.05) is 47.3 Å². The molecule has 5 rings (SSSR count). The van der Waals surface area contributed by atoms with E-state index in [4.69, 9.17) is 13.7 Å². The summed E-state index contributed by atoms with van der Waals surface area (Å²) in [6, 6.07) is 20.0. The Labute approximate surface area is 194 Å². The highest BCUT2D eigenvalue weighted by Gasteiger charge is 2.17. The Kier molecular flexibility index (Phi) is 6.21. The molecule has 3 aromatic heterocycles. The number of ether oxygens (including phenoxy) is 1. The molecule has 0 unspecified atom stereocenters. The van der Waals surface area contributed by atoms with Crippen molar-refractivity contribution in [3.63, 3.8) is 0 Å². The van der Waals surface area contributed by atoms with Gasteiger partial charge in [0.15, 0.2) is 16.8 Å². The lowest BCUT2D eigenvalue weighted by atomic mass is 10.1. The number of thioether (sulfide) groups is 1. The smallest absolute Gasteiger partial charge is 0.261 e. The Balaban J connectivity index is 1.37. The lowest BCUT2D eigenvalue weighted by Crippen LogP contribution is -2.05. The molecule has 9 heteroatoms. The van der Waals surface area contributed by atoms with Crippen molar-refractivity contribution >= 4 is 11.8 Å². The van der Waals surface area contributed by atoms with E-state index in [-0.39, 0.29) is 0 Å². The third kappa shape index (κ3) is 4.83. The Morgan fingerprint density at radius 2 is 1.82 bits per heavy atom. The van der Waals surface area contributed by atoms with Gasteiger partial charge in [0.05, 0.1) is 24.7 Å². The summed E-state index contributed by atoms with van der Waals surface area (Å²) in [5.74, 6) is 3.13. The molecule has 0 saturated carbocycles. The fraction of sp³-hybridized carbons (Fsp3) is 0.167. The molecule has 33 heavy (non-hydrogen) atoms. The molecule has 8 nitrogen and oxygen atoms in total. The van der Waals surface area contributed by atoms with Gasteiger partial charge in [0.25, 0.3) is 5.89 Å². The van der Waals surface area contributed by atoms with E-state index in [1.54, 1.807) is 25.7 Å². The van der Waals surface area contributed by atoms with E-state index in [9.17, 15) is 0 Å². The predicted octanol–water partition coefficient (Wildman–Crippen LogP) is 5.13. The predicted molar refractivity (Wildman–Crippen MR) is 124 cm³/mol. The number of hydrogen-bond donors (Lipinski definition) is 0. The maximum Gasteiger partial charge on any atom is 0.261 e. The largest absolute Gasteiger partial charge is 0.497 e. The molecule has 0 amide bonds. The first-order valence-electron chi connectivity index (χ1n) is 10.4. The molecular formula is C24H21N5O3S. The van der Waals surface area contributed by atoms with Gasteiger partial charge in [0.1, 0.15) is 12.0 Å². The van der Waals surface area contributed by atoms with Gasteiger partial charge >= 0.3 is 0 Å². The lowest BCUT2D eigenvalue weighted by molar-refractivity contribution is 0.415. The number of hydrogen-bond acceptors (Lipinski definition) is 8. The summed E-state index contributed by atoms with van der Waals surface area (Å²) in [7, 11) is 1.65. The molecule has 0 aliphatic heterocycles.